The molecular weight excluding hydrogens is 354 g/mol. The number of cyclic esters (lactones) is 1. The Hall–Kier alpha value is -0.450. The lowest BCUT2D eigenvalue weighted by Crippen LogP contribution is -2.60. The second-order valence-electron chi connectivity index (χ2n) is 7.76. The summed E-state index contributed by atoms with van der Waals surface area (Å²) >= 11 is 3.32. The minimum Gasteiger partial charge on any atom is -0.456 e. The van der Waals surface area contributed by atoms with Crippen LogP contribution in [-0.4, -0.2) is 28.7 Å². The van der Waals surface area contributed by atoms with Gasteiger partial charge < -0.3 is 4.74 Å². The van der Waals surface area contributed by atoms with E-state index in [1.54, 1.807) is 0 Å². The SMILES string of the molecule is O=C1O[C@@H](CCCBr)[C@]2(F)[C@@H]3C[C@@H](C4C3[C@H]3C=C[C@@H]4C3)[C@]12F. The first-order chi connectivity index (χ1) is 10.5. The number of alkyl halides is 3. The molecular formula is C17H19BrF2O2. The minimum absolute atomic E-state index is 0.149. The van der Waals surface area contributed by atoms with Crippen LogP contribution in [0.4, 0.5) is 8.78 Å². The van der Waals surface area contributed by atoms with Crippen LogP contribution in [0.15, 0.2) is 12.2 Å². The molecule has 120 valence electrons. The molecule has 2 unspecified atom stereocenters. The molecule has 3 saturated carbocycles. The van der Waals surface area contributed by atoms with E-state index >= 15 is 8.78 Å². The topological polar surface area (TPSA) is 26.3 Å². The van der Waals surface area contributed by atoms with Crippen molar-refractivity contribution in [3.8, 4) is 0 Å². The van der Waals surface area contributed by atoms with Gasteiger partial charge in [-0.15, -0.1) is 0 Å². The Kier molecular flexibility index (Phi) is 2.62. The number of carbonyl (C=O) groups is 1. The lowest BCUT2D eigenvalue weighted by molar-refractivity contribution is -0.157. The summed E-state index contributed by atoms with van der Waals surface area (Å²) < 4.78 is 37.0. The average Bonchev–Trinajstić information content (AvgIpc) is 3.24. The number of halogens is 3. The lowest BCUT2D eigenvalue weighted by Gasteiger charge is -2.44. The second-order valence-corrected chi connectivity index (χ2v) is 8.55. The van der Waals surface area contributed by atoms with E-state index in [9.17, 15) is 4.79 Å². The van der Waals surface area contributed by atoms with E-state index in [-0.39, 0.29) is 17.8 Å². The molecule has 5 aliphatic rings. The third kappa shape index (κ3) is 1.24. The van der Waals surface area contributed by atoms with E-state index in [0.29, 0.717) is 36.4 Å². The Morgan fingerprint density at radius 1 is 1.18 bits per heavy atom. The Morgan fingerprint density at radius 2 is 1.86 bits per heavy atom. The Bertz CT molecular complexity index is 581. The van der Waals surface area contributed by atoms with Gasteiger partial charge in [0.25, 0.3) is 0 Å². The minimum atomic E-state index is -2.39. The lowest BCUT2D eigenvalue weighted by atomic mass is 9.61. The Morgan fingerprint density at radius 3 is 2.55 bits per heavy atom. The van der Waals surface area contributed by atoms with Gasteiger partial charge in [-0.05, 0) is 49.4 Å². The van der Waals surface area contributed by atoms with Gasteiger partial charge in [0.15, 0.2) is 5.67 Å². The third-order valence-corrected chi connectivity index (χ3v) is 7.80. The molecule has 1 saturated heterocycles. The molecule has 0 spiro atoms. The summed E-state index contributed by atoms with van der Waals surface area (Å²) in [7, 11) is 0. The van der Waals surface area contributed by atoms with Crippen LogP contribution in [0.25, 0.3) is 0 Å². The molecule has 0 aromatic rings. The number of allylic oxidation sites excluding steroid dienone is 2. The summed E-state index contributed by atoms with van der Waals surface area (Å²) in [6, 6.07) is 0. The summed E-state index contributed by atoms with van der Waals surface area (Å²) in [5, 5.41) is 0.712. The van der Waals surface area contributed by atoms with Gasteiger partial charge in [0, 0.05) is 17.2 Å². The maximum absolute atomic E-state index is 16.0. The maximum Gasteiger partial charge on any atom is 0.348 e. The van der Waals surface area contributed by atoms with Crippen LogP contribution < -0.4 is 0 Å². The quantitative estimate of drug-likeness (QED) is 0.327. The number of hydrogen-bond acceptors (Lipinski definition) is 2. The van der Waals surface area contributed by atoms with Crippen LogP contribution >= 0.6 is 15.9 Å². The van der Waals surface area contributed by atoms with Gasteiger partial charge in [-0.1, -0.05) is 28.1 Å². The molecule has 5 rings (SSSR count). The molecule has 1 aliphatic heterocycles. The van der Waals surface area contributed by atoms with E-state index in [1.807, 2.05) is 0 Å². The van der Waals surface area contributed by atoms with E-state index in [1.165, 1.54) is 0 Å². The fourth-order valence-corrected chi connectivity index (χ4v) is 6.99. The van der Waals surface area contributed by atoms with Gasteiger partial charge in [-0.2, -0.15) is 0 Å². The highest BCUT2D eigenvalue weighted by Crippen LogP contribution is 2.75. The highest BCUT2D eigenvalue weighted by Gasteiger charge is 2.86. The van der Waals surface area contributed by atoms with Crippen molar-refractivity contribution >= 4 is 21.9 Å². The van der Waals surface area contributed by atoms with Crippen LogP contribution in [0.3, 0.4) is 0 Å². The van der Waals surface area contributed by atoms with Gasteiger partial charge >= 0.3 is 5.97 Å². The van der Waals surface area contributed by atoms with Crippen molar-refractivity contribution in [1.29, 1.82) is 0 Å². The van der Waals surface area contributed by atoms with Crippen molar-refractivity contribution in [2.24, 2.45) is 35.5 Å². The van der Waals surface area contributed by atoms with Gasteiger partial charge in [-0.3, -0.25) is 0 Å². The Labute approximate surface area is 136 Å². The first-order valence-electron chi connectivity index (χ1n) is 8.36. The molecule has 22 heavy (non-hydrogen) atoms. The maximum atomic E-state index is 16.0. The highest BCUT2D eigenvalue weighted by molar-refractivity contribution is 9.09. The molecule has 4 aliphatic carbocycles. The van der Waals surface area contributed by atoms with Gasteiger partial charge in [-0.25, -0.2) is 13.6 Å². The Balaban J connectivity index is 1.58. The molecule has 4 fully saturated rings. The summed E-state index contributed by atoms with van der Waals surface area (Å²) in [6.07, 6.45) is 6.11. The van der Waals surface area contributed by atoms with Crippen molar-refractivity contribution in [1.82, 2.24) is 0 Å². The van der Waals surface area contributed by atoms with Crippen LogP contribution in [0, 0.1) is 35.5 Å². The third-order valence-electron chi connectivity index (χ3n) is 7.24. The summed E-state index contributed by atoms with van der Waals surface area (Å²) in [6.45, 7) is 0. The molecule has 2 nitrogen and oxygen atoms in total. The smallest absolute Gasteiger partial charge is 0.348 e. The van der Waals surface area contributed by atoms with Crippen LogP contribution in [0.2, 0.25) is 0 Å². The summed E-state index contributed by atoms with van der Waals surface area (Å²) in [5.41, 5.74) is -4.50. The van der Waals surface area contributed by atoms with E-state index < -0.39 is 29.3 Å². The number of rotatable bonds is 3. The van der Waals surface area contributed by atoms with Crippen LogP contribution in [-0.2, 0) is 9.53 Å². The monoisotopic (exact) mass is 372 g/mol. The number of hydrogen-bond donors (Lipinski definition) is 0. The zero-order chi connectivity index (χ0) is 15.3. The first-order valence-corrected chi connectivity index (χ1v) is 9.48. The van der Waals surface area contributed by atoms with Crippen molar-refractivity contribution < 1.29 is 18.3 Å². The van der Waals surface area contributed by atoms with Gasteiger partial charge in [0.2, 0.25) is 5.67 Å². The molecule has 1 heterocycles. The fraction of sp³-hybridized carbons (Fsp3) is 0.824. The number of ether oxygens (including phenoxy) is 1. The number of carbonyl (C=O) groups excluding carboxylic acids is 1. The fourth-order valence-electron chi connectivity index (χ4n) is 6.67. The molecule has 0 amide bonds. The number of esters is 1. The largest absolute Gasteiger partial charge is 0.456 e. The van der Waals surface area contributed by atoms with E-state index in [0.717, 1.165) is 6.42 Å². The molecule has 0 aromatic carbocycles. The van der Waals surface area contributed by atoms with E-state index in [2.05, 4.69) is 28.1 Å². The second kappa shape index (κ2) is 4.14. The molecule has 0 N–H and O–H groups in total. The zero-order valence-electron chi connectivity index (χ0n) is 12.2. The van der Waals surface area contributed by atoms with E-state index in [4.69, 9.17) is 4.74 Å². The normalized spacial score (nSPS) is 60.0. The standard InChI is InChI=1S/C17H19BrF2O2/c18-5-1-2-12-16(19)10-7-11(17(16,20)15(21)22-12)14-9-4-3-8(6-9)13(10)14/h3-4,8-14H,1-2,5-7H2/t8-,9+,10+,11-,12-,13?,14?,16+,17-/m0/s1. The van der Waals surface area contributed by atoms with Crippen molar-refractivity contribution in [3.63, 3.8) is 0 Å². The van der Waals surface area contributed by atoms with Crippen LogP contribution in [0.5, 0.6) is 0 Å². The zero-order valence-corrected chi connectivity index (χ0v) is 13.8. The molecule has 5 heteroatoms. The predicted octanol–water partition coefficient (Wildman–Crippen LogP) is 3.59. The van der Waals surface area contributed by atoms with Crippen LogP contribution in [0.1, 0.15) is 25.7 Å². The van der Waals surface area contributed by atoms with Crippen molar-refractivity contribution in [2.75, 3.05) is 5.33 Å². The highest BCUT2D eigenvalue weighted by atomic mass is 79.9. The average molecular weight is 373 g/mol. The molecule has 9 atom stereocenters. The summed E-state index contributed by atoms with van der Waals surface area (Å²) in [5.74, 6) is -0.655. The summed E-state index contributed by atoms with van der Waals surface area (Å²) in [4.78, 5) is 12.3. The first kappa shape index (κ1) is 13.9. The predicted molar refractivity (Wildman–Crippen MR) is 79.9 cm³/mol. The van der Waals surface area contributed by atoms with Crippen molar-refractivity contribution in [2.45, 2.75) is 43.1 Å². The number of fused-ring (bicyclic) bond motifs is 12. The van der Waals surface area contributed by atoms with Gasteiger partial charge in [0.1, 0.15) is 6.10 Å². The molecule has 0 radical (unpaired) electrons. The van der Waals surface area contributed by atoms with Crippen molar-refractivity contribution in [3.05, 3.63) is 12.2 Å². The van der Waals surface area contributed by atoms with Gasteiger partial charge in [0.05, 0.1) is 0 Å². The molecule has 0 aromatic heterocycles. The molecule has 4 bridgehead atoms.